The van der Waals surface area contributed by atoms with Crippen LogP contribution in [-0.2, 0) is 11.3 Å². The smallest absolute Gasteiger partial charge is 0.242 e. The molecule has 3 rings (SSSR count). The van der Waals surface area contributed by atoms with Crippen molar-refractivity contribution in [1.82, 2.24) is 15.5 Å². The lowest BCUT2D eigenvalue weighted by Gasteiger charge is -2.36. The normalized spacial score (nSPS) is 14.9. The monoisotopic (exact) mass is 419 g/mol. The van der Waals surface area contributed by atoms with Gasteiger partial charge >= 0.3 is 0 Å². The van der Waals surface area contributed by atoms with Crippen molar-refractivity contribution in [3.63, 3.8) is 0 Å². The summed E-state index contributed by atoms with van der Waals surface area (Å²) in [4.78, 5) is 22.2. The number of nitrogens with zero attached hydrogens (tertiary/aromatic N) is 3. The highest BCUT2D eigenvalue weighted by Crippen LogP contribution is 2.19. The Morgan fingerprint density at radius 2 is 1.86 bits per heavy atom. The van der Waals surface area contributed by atoms with Crippen LogP contribution < -0.4 is 15.5 Å². The molecule has 28 heavy (non-hydrogen) atoms. The summed E-state index contributed by atoms with van der Waals surface area (Å²) in [6.45, 7) is 6.10. The fourth-order valence-electron chi connectivity index (χ4n) is 3.11. The Balaban J connectivity index is 1.42. The summed E-state index contributed by atoms with van der Waals surface area (Å²) in [5.74, 6) is 0.729. The first-order valence-electron chi connectivity index (χ1n) is 9.32. The van der Waals surface area contributed by atoms with Crippen molar-refractivity contribution in [2.75, 3.05) is 44.7 Å². The van der Waals surface area contributed by atoms with E-state index in [9.17, 15) is 4.79 Å². The van der Waals surface area contributed by atoms with Gasteiger partial charge in [-0.3, -0.25) is 9.79 Å². The SMILES string of the molecule is CN=C(NCC(=O)N1CCN(c2ccc(Cl)cc2)CC1)NCc1sccc1C. The van der Waals surface area contributed by atoms with Crippen LogP contribution in [-0.4, -0.2) is 56.5 Å². The largest absolute Gasteiger partial charge is 0.368 e. The van der Waals surface area contributed by atoms with Crippen molar-refractivity contribution in [1.29, 1.82) is 0 Å². The van der Waals surface area contributed by atoms with E-state index in [2.05, 4.69) is 38.9 Å². The second kappa shape index (κ2) is 9.80. The molecule has 1 aliphatic heterocycles. The Hall–Kier alpha value is -2.25. The van der Waals surface area contributed by atoms with E-state index in [0.717, 1.165) is 23.8 Å². The lowest BCUT2D eigenvalue weighted by atomic mass is 10.2. The molecule has 8 heteroatoms. The van der Waals surface area contributed by atoms with Crippen molar-refractivity contribution in [3.05, 3.63) is 51.2 Å². The molecule has 0 spiro atoms. The number of rotatable bonds is 5. The average molecular weight is 420 g/mol. The maximum Gasteiger partial charge on any atom is 0.242 e. The van der Waals surface area contributed by atoms with Crippen LogP contribution in [0.4, 0.5) is 5.69 Å². The molecular formula is C20H26ClN5OS. The van der Waals surface area contributed by atoms with Gasteiger partial charge in [0.2, 0.25) is 5.91 Å². The standard InChI is InChI=1S/C20H26ClN5OS/c1-15-7-12-28-18(15)13-23-20(22-2)24-14-19(27)26-10-8-25(9-11-26)17-5-3-16(21)4-6-17/h3-7,12H,8-11,13-14H2,1-2H3,(H2,22,23,24). The molecule has 0 radical (unpaired) electrons. The van der Waals surface area contributed by atoms with E-state index in [1.165, 1.54) is 10.4 Å². The summed E-state index contributed by atoms with van der Waals surface area (Å²) < 4.78 is 0. The summed E-state index contributed by atoms with van der Waals surface area (Å²) in [5, 5.41) is 9.20. The summed E-state index contributed by atoms with van der Waals surface area (Å²) in [7, 11) is 1.71. The number of amides is 1. The van der Waals surface area contributed by atoms with E-state index in [1.54, 1.807) is 18.4 Å². The number of hydrogen-bond acceptors (Lipinski definition) is 4. The number of carbonyl (C=O) groups excluding carboxylic acids is 1. The molecule has 0 bridgehead atoms. The van der Waals surface area contributed by atoms with Crippen LogP contribution in [0.15, 0.2) is 40.7 Å². The van der Waals surface area contributed by atoms with Crippen molar-refractivity contribution >= 4 is 40.5 Å². The molecule has 150 valence electrons. The number of benzene rings is 1. The number of piperazine rings is 1. The molecule has 1 aliphatic rings. The van der Waals surface area contributed by atoms with Gasteiger partial charge in [-0.05, 0) is 48.2 Å². The van der Waals surface area contributed by atoms with Crippen molar-refractivity contribution in [2.24, 2.45) is 4.99 Å². The van der Waals surface area contributed by atoms with E-state index < -0.39 is 0 Å². The van der Waals surface area contributed by atoms with E-state index in [-0.39, 0.29) is 12.5 Å². The molecule has 1 fully saturated rings. The molecule has 0 saturated carbocycles. The molecule has 1 saturated heterocycles. The molecule has 6 nitrogen and oxygen atoms in total. The Morgan fingerprint density at radius 3 is 2.46 bits per heavy atom. The third kappa shape index (κ3) is 5.39. The summed E-state index contributed by atoms with van der Waals surface area (Å²) in [6, 6.07) is 9.94. The van der Waals surface area contributed by atoms with Crippen LogP contribution >= 0.6 is 22.9 Å². The number of nitrogens with one attached hydrogen (secondary N) is 2. The zero-order valence-electron chi connectivity index (χ0n) is 16.2. The third-order valence-corrected chi connectivity index (χ3v) is 6.11. The van der Waals surface area contributed by atoms with Gasteiger partial charge in [0.1, 0.15) is 0 Å². The van der Waals surface area contributed by atoms with E-state index in [4.69, 9.17) is 11.6 Å². The number of carbonyl (C=O) groups is 1. The van der Waals surface area contributed by atoms with Gasteiger partial charge in [-0.15, -0.1) is 11.3 Å². The number of anilines is 1. The molecule has 1 aromatic heterocycles. The van der Waals surface area contributed by atoms with Gasteiger partial charge in [0.25, 0.3) is 0 Å². The minimum atomic E-state index is 0.0889. The Bertz CT molecular complexity index is 812. The van der Waals surface area contributed by atoms with Crippen LogP contribution in [0.1, 0.15) is 10.4 Å². The summed E-state index contributed by atoms with van der Waals surface area (Å²) in [5.41, 5.74) is 2.41. The highest BCUT2D eigenvalue weighted by atomic mass is 35.5. The first-order valence-corrected chi connectivity index (χ1v) is 10.6. The maximum absolute atomic E-state index is 12.5. The quantitative estimate of drug-likeness (QED) is 0.578. The lowest BCUT2D eigenvalue weighted by Crippen LogP contribution is -2.52. The average Bonchev–Trinajstić information content (AvgIpc) is 3.13. The fourth-order valence-corrected chi connectivity index (χ4v) is 4.08. The molecule has 0 atom stereocenters. The highest BCUT2D eigenvalue weighted by Gasteiger charge is 2.21. The van der Waals surface area contributed by atoms with E-state index in [0.29, 0.717) is 25.6 Å². The Labute approximate surface area is 175 Å². The number of halogens is 1. The predicted molar refractivity (Wildman–Crippen MR) is 118 cm³/mol. The predicted octanol–water partition coefficient (Wildman–Crippen LogP) is 2.72. The summed E-state index contributed by atoms with van der Waals surface area (Å²) in [6.07, 6.45) is 0. The first kappa shape index (κ1) is 20.5. The molecule has 2 heterocycles. The highest BCUT2D eigenvalue weighted by molar-refractivity contribution is 7.10. The molecule has 1 aromatic carbocycles. The van der Waals surface area contributed by atoms with Crippen LogP contribution in [0.5, 0.6) is 0 Å². The van der Waals surface area contributed by atoms with E-state index in [1.807, 2.05) is 29.2 Å². The maximum atomic E-state index is 12.5. The van der Waals surface area contributed by atoms with Crippen molar-refractivity contribution in [3.8, 4) is 0 Å². The van der Waals surface area contributed by atoms with Gasteiger partial charge in [0.05, 0.1) is 13.1 Å². The van der Waals surface area contributed by atoms with Crippen LogP contribution in [0.2, 0.25) is 5.02 Å². The number of thiophene rings is 1. The zero-order valence-corrected chi connectivity index (χ0v) is 17.8. The Morgan fingerprint density at radius 1 is 1.14 bits per heavy atom. The number of guanidine groups is 1. The van der Waals surface area contributed by atoms with Gasteiger partial charge in [-0.2, -0.15) is 0 Å². The molecular weight excluding hydrogens is 394 g/mol. The molecule has 2 aromatic rings. The summed E-state index contributed by atoms with van der Waals surface area (Å²) >= 11 is 7.67. The second-order valence-electron chi connectivity index (χ2n) is 6.65. The van der Waals surface area contributed by atoms with Gasteiger partial charge in [0, 0.05) is 48.8 Å². The van der Waals surface area contributed by atoms with Gasteiger partial charge in [-0.25, -0.2) is 0 Å². The molecule has 2 N–H and O–H groups in total. The number of hydrogen-bond donors (Lipinski definition) is 2. The zero-order chi connectivity index (χ0) is 19.9. The fraction of sp³-hybridized carbons (Fsp3) is 0.400. The van der Waals surface area contributed by atoms with Crippen molar-refractivity contribution in [2.45, 2.75) is 13.5 Å². The van der Waals surface area contributed by atoms with E-state index >= 15 is 0 Å². The minimum absolute atomic E-state index is 0.0889. The topological polar surface area (TPSA) is 60.0 Å². The first-order chi connectivity index (χ1) is 13.6. The minimum Gasteiger partial charge on any atom is -0.368 e. The Kier molecular flexibility index (Phi) is 7.17. The third-order valence-electron chi connectivity index (χ3n) is 4.84. The van der Waals surface area contributed by atoms with Crippen LogP contribution in [0.3, 0.4) is 0 Å². The van der Waals surface area contributed by atoms with Gasteiger partial charge < -0.3 is 20.4 Å². The lowest BCUT2D eigenvalue weighted by molar-refractivity contribution is -0.130. The van der Waals surface area contributed by atoms with Gasteiger partial charge in [-0.1, -0.05) is 11.6 Å². The second-order valence-corrected chi connectivity index (χ2v) is 8.09. The van der Waals surface area contributed by atoms with Crippen molar-refractivity contribution < 1.29 is 4.79 Å². The van der Waals surface area contributed by atoms with Crippen LogP contribution in [0.25, 0.3) is 0 Å². The molecule has 0 aliphatic carbocycles. The van der Waals surface area contributed by atoms with Gasteiger partial charge in [0.15, 0.2) is 5.96 Å². The number of aryl methyl sites for hydroxylation is 1. The molecule has 0 unspecified atom stereocenters. The van der Waals surface area contributed by atoms with Crippen LogP contribution in [0, 0.1) is 6.92 Å². The number of aliphatic imine (C=N–C) groups is 1. The molecule has 1 amide bonds.